The molecule has 0 unspecified atom stereocenters. The standard InChI is InChI=1S/C12H17N/c1-3-9-13-11(2)10-12-7-5-4-6-8-12/h4-8,10,13H,3,9H2,1-2H3. The molecule has 1 aromatic rings. The molecule has 0 aliphatic carbocycles. The molecule has 0 heterocycles. The van der Waals surface area contributed by atoms with Crippen LogP contribution in [0.5, 0.6) is 0 Å². The van der Waals surface area contributed by atoms with Crippen LogP contribution >= 0.6 is 0 Å². The Morgan fingerprint density at radius 2 is 2.00 bits per heavy atom. The van der Waals surface area contributed by atoms with Crippen molar-refractivity contribution < 1.29 is 0 Å². The van der Waals surface area contributed by atoms with Gasteiger partial charge in [0.05, 0.1) is 0 Å². The summed E-state index contributed by atoms with van der Waals surface area (Å²) < 4.78 is 0. The second-order valence-corrected chi connectivity index (χ2v) is 3.16. The van der Waals surface area contributed by atoms with Gasteiger partial charge in [-0.3, -0.25) is 0 Å². The van der Waals surface area contributed by atoms with Crippen LogP contribution in [0.3, 0.4) is 0 Å². The quantitative estimate of drug-likeness (QED) is 0.741. The van der Waals surface area contributed by atoms with E-state index in [4.69, 9.17) is 0 Å². The van der Waals surface area contributed by atoms with Crippen LogP contribution in [0.25, 0.3) is 6.08 Å². The van der Waals surface area contributed by atoms with Crippen LogP contribution in [0, 0.1) is 0 Å². The van der Waals surface area contributed by atoms with Crippen molar-refractivity contribution in [2.75, 3.05) is 6.54 Å². The molecule has 1 N–H and O–H groups in total. The van der Waals surface area contributed by atoms with Crippen molar-refractivity contribution in [2.45, 2.75) is 20.3 Å². The molecule has 0 aromatic heterocycles. The molecule has 0 fully saturated rings. The zero-order chi connectivity index (χ0) is 9.52. The first-order valence-corrected chi connectivity index (χ1v) is 4.80. The highest BCUT2D eigenvalue weighted by molar-refractivity contribution is 5.51. The summed E-state index contributed by atoms with van der Waals surface area (Å²) in [5, 5.41) is 3.34. The molecule has 0 aliphatic rings. The fourth-order valence-electron chi connectivity index (χ4n) is 1.17. The third-order valence-corrected chi connectivity index (χ3v) is 1.84. The Bertz CT molecular complexity index is 262. The third-order valence-electron chi connectivity index (χ3n) is 1.84. The minimum Gasteiger partial charge on any atom is -0.389 e. The van der Waals surface area contributed by atoms with Gasteiger partial charge in [-0.25, -0.2) is 0 Å². The van der Waals surface area contributed by atoms with E-state index in [1.54, 1.807) is 0 Å². The summed E-state index contributed by atoms with van der Waals surface area (Å²) in [5.74, 6) is 0. The Morgan fingerprint density at radius 3 is 2.62 bits per heavy atom. The van der Waals surface area contributed by atoms with Crippen LogP contribution in [-0.4, -0.2) is 6.54 Å². The largest absolute Gasteiger partial charge is 0.389 e. The van der Waals surface area contributed by atoms with Crippen LogP contribution < -0.4 is 5.32 Å². The lowest BCUT2D eigenvalue weighted by molar-refractivity contribution is 0.774. The maximum atomic E-state index is 3.34. The molecule has 1 rings (SSSR count). The summed E-state index contributed by atoms with van der Waals surface area (Å²) in [5.41, 5.74) is 2.48. The molecule has 1 aromatic carbocycles. The van der Waals surface area contributed by atoms with Gasteiger partial charge in [0.1, 0.15) is 0 Å². The van der Waals surface area contributed by atoms with Gasteiger partial charge in [-0.05, 0) is 25.0 Å². The maximum Gasteiger partial charge on any atom is 0.0141 e. The highest BCUT2D eigenvalue weighted by Gasteiger charge is 1.88. The predicted molar refractivity (Wildman–Crippen MR) is 58.4 cm³/mol. The van der Waals surface area contributed by atoms with Gasteiger partial charge in [0.25, 0.3) is 0 Å². The second-order valence-electron chi connectivity index (χ2n) is 3.16. The van der Waals surface area contributed by atoms with Crippen molar-refractivity contribution in [1.82, 2.24) is 5.32 Å². The first-order chi connectivity index (χ1) is 6.33. The van der Waals surface area contributed by atoms with Gasteiger partial charge < -0.3 is 5.32 Å². The average molecular weight is 175 g/mol. The Hall–Kier alpha value is -1.24. The topological polar surface area (TPSA) is 12.0 Å². The van der Waals surface area contributed by atoms with E-state index in [9.17, 15) is 0 Å². The van der Waals surface area contributed by atoms with E-state index in [0.717, 1.165) is 6.54 Å². The van der Waals surface area contributed by atoms with E-state index < -0.39 is 0 Å². The zero-order valence-electron chi connectivity index (χ0n) is 8.38. The SMILES string of the molecule is CCCNC(C)=Cc1ccccc1. The van der Waals surface area contributed by atoms with Crippen LogP contribution in [0.4, 0.5) is 0 Å². The van der Waals surface area contributed by atoms with Gasteiger partial charge in [0, 0.05) is 12.2 Å². The highest BCUT2D eigenvalue weighted by atomic mass is 14.9. The molecule has 0 aliphatic heterocycles. The van der Waals surface area contributed by atoms with Crippen LogP contribution in [0.1, 0.15) is 25.8 Å². The highest BCUT2D eigenvalue weighted by Crippen LogP contribution is 2.03. The van der Waals surface area contributed by atoms with Gasteiger partial charge in [0.2, 0.25) is 0 Å². The molecule has 1 nitrogen and oxygen atoms in total. The fourth-order valence-corrected chi connectivity index (χ4v) is 1.17. The number of rotatable bonds is 4. The Kier molecular flexibility index (Phi) is 4.10. The molecule has 0 bridgehead atoms. The number of hydrogen-bond donors (Lipinski definition) is 1. The van der Waals surface area contributed by atoms with Crippen molar-refractivity contribution in [2.24, 2.45) is 0 Å². The molecule has 0 atom stereocenters. The number of nitrogens with one attached hydrogen (secondary N) is 1. The van der Waals surface area contributed by atoms with Gasteiger partial charge in [-0.15, -0.1) is 0 Å². The lowest BCUT2D eigenvalue weighted by Gasteiger charge is -2.03. The van der Waals surface area contributed by atoms with Crippen LogP contribution in [0.15, 0.2) is 36.0 Å². The van der Waals surface area contributed by atoms with Gasteiger partial charge in [-0.2, -0.15) is 0 Å². The minimum absolute atomic E-state index is 1.05. The van der Waals surface area contributed by atoms with Crippen LogP contribution in [-0.2, 0) is 0 Å². The second kappa shape index (κ2) is 5.41. The van der Waals surface area contributed by atoms with Crippen molar-refractivity contribution in [3.8, 4) is 0 Å². The predicted octanol–water partition coefficient (Wildman–Crippen LogP) is 3.05. The molecule has 0 saturated carbocycles. The first kappa shape index (κ1) is 9.85. The molecule has 0 spiro atoms. The summed E-state index contributed by atoms with van der Waals surface area (Å²) in [4.78, 5) is 0. The van der Waals surface area contributed by atoms with E-state index in [2.05, 4.69) is 49.5 Å². The monoisotopic (exact) mass is 175 g/mol. The van der Waals surface area contributed by atoms with Crippen molar-refractivity contribution in [3.63, 3.8) is 0 Å². The smallest absolute Gasteiger partial charge is 0.0141 e. The summed E-state index contributed by atoms with van der Waals surface area (Å²) in [6.07, 6.45) is 3.33. The molecular formula is C12H17N. The van der Waals surface area contributed by atoms with E-state index >= 15 is 0 Å². The van der Waals surface area contributed by atoms with Gasteiger partial charge in [-0.1, -0.05) is 37.3 Å². The molecule has 0 radical (unpaired) electrons. The first-order valence-electron chi connectivity index (χ1n) is 4.80. The van der Waals surface area contributed by atoms with Crippen molar-refractivity contribution in [3.05, 3.63) is 41.6 Å². The Morgan fingerprint density at radius 1 is 1.31 bits per heavy atom. The lowest BCUT2D eigenvalue weighted by atomic mass is 10.2. The van der Waals surface area contributed by atoms with Gasteiger partial charge >= 0.3 is 0 Å². The number of benzene rings is 1. The van der Waals surface area contributed by atoms with Crippen molar-refractivity contribution in [1.29, 1.82) is 0 Å². The lowest BCUT2D eigenvalue weighted by Crippen LogP contribution is -2.11. The summed E-state index contributed by atoms with van der Waals surface area (Å²) in [6.45, 7) is 5.32. The molecule has 0 saturated heterocycles. The summed E-state index contributed by atoms with van der Waals surface area (Å²) in [7, 11) is 0. The molecular weight excluding hydrogens is 158 g/mol. The van der Waals surface area contributed by atoms with Crippen molar-refractivity contribution >= 4 is 6.08 Å². The van der Waals surface area contributed by atoms with Gasteiger partial charge in [0.15, 0.2) is 0 Å². The molecule has 0 amide bonds. The van der Waals surface area contributed by atoms with E-state index in [1.807, 2.05) is 6.07 Å². The van der Waals surface area contributed by atoms with E-state index in [-0.39, 0.29) is 0 Å². The zero-order valence-corrected chi connectivity index (χ0v) is 8.38. The van der Waals surface area contributed by atoms with Crippen LogP contribution in [0.2, 0.25) is 0 Å². The normalized spacial score (nSPS) is 11.4. The maximum absolute atomic E-state index is 3.34. The summed E-state index contributed by atoms with van der Waals surface area (Å²) in [6, 6.07) is 10.4. The van der Waals surface area contributed by atoms with E-state index in [1.165, 1.54) is 17.7 Å². The Balaban J connectivity index is 2.55. The third kappa shape index (κ3) is 3.79. The fraction of sp³-hybridized carbons (Fsp3) is 0.333. The molecule has 70 valence electrons. The number of hydrogen-bond acceptors (Lipinski definition) is 1. The molecule has 13 heavy (non-hydrogen) atoms. The Labute approximate surface area is 80.5 Å². The minimum atomic E-state index is 1.05. The summed E-state index contributed by atoms with van der Waals surface area (Å²) >= 11 is 0. The van der Waals surface area contributed by atoms with E-state index in [0.29, 0.717) is 0 Å². The molecule has 1 heteroatoms. The average Bonchev–Trinajstić information content (AvgIpc) is 2.16. The number of allylic oxidation sites excluding steroid dienone is 1.